The lowest BCUT2D eigenvalue weighted by molar-refractivity contribution is 0.0926. The first-order chi connectivity index (χ1) is 10.8. The van der Waals surface area contributed by atoms with Gasteiger partial charge in [0.1, 0.15) is 0 Å². The second-order valence-corrected chi connectivity index (χ2v) is 4.85. The van der Waals surface area contributed by atoms with Gasteiger partial charge < -0.3 is 10.1 Å². The van der Waals surface area contributed by atoms with Crippen LogP contribution in [0, 0.1) is 0 Å². The van der Waals surface area contributed by atoms with Crippen molar-refractivity contribution in [2.45, 2.75) is 0 Å². The van der Waals surface area contributed by atoms with Crippen molar-refractivity contribution in [1.29, 1.82) is 0 Å². The molecule has 0 unspecified atom stereocenters. The second-order valence-electron chi connectivity index (χ2n) is 4.85. The van der Waals surface area contributed by atoms with Gasteiger partial charge in [0, 0.05) is 25.4 Å². The fraction of sp³-hybridized carbons (Fsp3) is 0.176. The summed E-state index contributed by atoms with van der Waals surface area (Å²) in [7, 11) is 1.60. The third kappa shape index (κ3) is 2.71. The molecule has 0 saturated heterocycles. The Morgan fingerprint density at radius 2 is 1.95 bits per heavy atom. The summed E-state index contributed by atoms with van der Waals surface area (Å²) in [6, 6.07) is 15.6. The van der Waals surface area contributed by atoms with Crippen molar-refractivity contribution < 1.29 is 9.53 Å². The van der Waals surface area contributed by atoms with E-state index in [0.29, 0.717) is 19.0 Å². The third-order valence-electron chi connectivity index (χ3n) is 3.39. The molecule has 2 aromatic heterocycles. The maximum Gasteiger partial charge on any atom is 0.287 e. The van der Waals surface area contributed by atoms with Gasteiger partial charge in [-0.3, -0.25) is 9.20 Å². The van der Waals surface area contributed by atoms with Crippen LogP contribution in [0.2, 0.25) is 0 Å². The van der Waals surface area contributed by atoms with Gasteiger partial charge in [-0.1, -0.05) is 36.4 Å². The highest BCUT2D eigenvalue weighted by atomic mass is 16.5. The van der Waals surface area contributed by atoms with E-state index < -0.39 is 0 Å². The number of hydrogen-bond donors (Lipinski definition) is 1. The van der Waals surface area contributed by atoms with Gasteiger partial charge in [-0.25, -0.2) is 4.98 Å². The summed E-state index contributed by atoms with van der Waals surface area (Å²) >= 11 is 0. The Bertz CT molecular complexity index is 781. The molecule has 0 saturated carbocycles. The molecule has 2 heterocycles. The van der Waals surface area contributed by atoms with Crippen LogP contribution in [0.15, 0.2) is 54.7 Å². The summed E-state index contributed by atoms with van der Waals surface area (Å²) in [5.74, 6) is 0.172. The predicted molar refractivity (Wildman–Crippen MR) is 84.8 cm³/mol. The molecule has 1 aromatic carbocycles. The number of methoxy groups -OCH3 is 1. The molecule has 0 spiro atoms. The quantitative estimate of drug-likeness (QED) is 0.735. The maximum absolute atomic E-state index is 12.3. The predicted octanol–water partition coefficient (Wildman–Crippen LogP) is 2.38. The topological polar surface area (TPSA) is 55.6 Å². The maximum atomic E-state index is 12.3. The van der Waals surface area contributed by atoms with Gasteiger partial charge in [0.2, 0.25) is 5.82 Å². The van der Waals surface area contributed by atoms with Crippen LogP contribution in [-0.2, 0) is 4.74 Å². The zero-order valence-corrected chi connectivity index (χ0v) is 12.3. The van der Waals surface area contributed by atoms with Crippen molar-refractivity contribution in [2.75, 3.05) is 20.3 Å². The van der Waals surface area contributed by atoms with Gasteiger partial charge >= 0.3 is 0 Å². The molecule has 0 bridgehead atoms. The minimum Gasteiger partial charge on any atom is -0.383 e. The Morgan fingerprint density at radius 1 is 1.18 bits per heavy atom. The van der Waals surface area contributed by atoms with Crippen LogP contribution in [0.1, 0.15) is 10.6 Å². The molecule has 22 heavy (non-hydrogen) atoms. The molecule has 0 aliphatic carbocycles. The van der Waals surface area contributed by atoms with E-state index in [1.807, 2.05) is 59.1 Å². The van der Waals surface area contributed by atoms with Gasteiger partial charge in [0.05, 0.1) is 17.8 Å². The standard InChI is InChI=1S/C17H17N3O2/c1-22-12-10-18-17(21)16-19-15(13-7-3-2-4-8-13)14-9-5-6-11-20(14)16/h2-9,11H,10,12H2,1H3,(H,18,21). The number of amides is 1. The summed E-state index contributed by atoms with van der Waals surface area (Å²) in [5.41, 5.74) is 2.70. The lowest BCUT2D eigenvalue weighted by Gasteiger charge is -2.03. The molecule has 3 aromatic rings. The molecule has 0 aliphatic rings. The molecule has 5 heteroatoms. The number of benzene rings is 1. The van der Waals surface area contributed by atoms with Crippen LogP contribution >= 0.6 is 0 Å². The average Bonchev–Trinajstić information content (AvgIpc) is 2.95. The smallest absolute Gasteiger partial charge is 0.287 e. The zero-order valence-electron chi connectivity index (χ0n) is 12.3. The number of ether oxygens (including phenoxy) is 1. The summed E-state index contributed by atoms with van der Waals surface area (Å²) in [5, 5.41) is 2.81. The zero-order chi connectivity index (χ0) is 15.4. The van der Waals surface area contributed by atoms with Crippen molar-refractivity contribution in [3.05, 3.63) is 60.6 Å². The number of imidazole rings is 1. The number of hydrogen-bond acceptors (Lipinski definition) is 3. The minimum absolute atomic E-state index is 0.208. The number of nitrogens with one attached hydrogen (secondary N) is 1. The summed E-state index contributed by atoms with van der Waals surface area (Å²) in [4.78, 5) is 16.9. The first-order valence-electron chi connectivity index (χ1n) is 7.11. The molecule has 1 amide bonds. The molecular formula is C17H17N3O2. The Labute approximate surface area is 128 Å². The van der Waals surface area contributed by atoms with Gasteiger partial charge in [-0.05, 0) is 12.1 Å². The van der Waals surface area contributed by atoms with Gasteiger partial charge in [0.25, 0.3) is 5.91 Å². The van der Waals surface area contributed by atoms with Crippen LogP contribution in [-0.4, -0.2) is 35.6 Å². The van der Waals surface area contributed by atoms with Crippen molar-refractivity contribution in [1.82, 2.24) is 14.7 Å². The largest absolute Gasteiger partial charge is 0.383 e. The molecule has 0 atom stereocenters. The van der Waals surface area contributed by atoms with Crippen molar-refractivity contribution in [3.8, 4) is 11.3 Å². The van der Waals surface area contributed by atoms with Gasteiger partial charge in [-0.2, -0.15) is 0 Å². The lowest BCUT2D eigenvalue weighted by atomic mass is 10.1. The molecule has 3 rings (SSSR count). The Hall–Kier alpha value is -2.66. The van der Waals surface area contributed by atoms with E-state index in [-0.39, 0.29) is 5.91 Å². The number of aromatic nitrogens is 2. The summed E-state index contributed by atoms with van der Waals surface area (Å²) in [6.45, 7) is 0.929. The average molecular weight is 295 g/mol. The number of nitrogens with zero attached hydrogens (tertiary/aromatic N) is 2. The number of fused-ring (bicyclic) bond motifs is 1. The fourth-order valence-corrected chi connectivity index (χ4v) is 2.35. The Balaban J connectivity index is 2.03. The van der Waals surface area contributed by atoms with E-state index in [0.717, 1.165) is 16.8 Å². The van der Waals surface area contributed by atoms with Crippen LogP contribution in [0.3, 0.4) is 0 Å². The molecule has 0 radical (unpaired) electrons. The van der Waals surface area contributed by atoms with Crippen LogP contribution in [0.4, 0.5) is 0 Å². The minimum atomic E-state index is -0.208. The number of carbonyl (C=O) groups excluding carboxylic acids is 1. The van der Waals surface area contributed by atoms with E-state index in [4.69, 9.17) is 4.74 Å². The van der Waals surface area contributed by atoms with Crippen LogP contribution in [0.25, 0.3) is 16.8 Å². The molecule has 1 N–H and O–H groups in total. The normalized spacial score (nSPS) is 10.8. The highest BCUT2D eigenvalue weighted by Gasteiger charge is 2.17. The Morgan fingerprint density at radius 3 is 2.73 bits per heavy atom. The number of pyridine rings is 1. The number of carbonyl (C=O) groups is 1. The highest BCUT2D eigenvalue weighted by Crippen LogP contribution is 2.24. The van der Waals surface area contributed by atoms with E-state index in [9.17, 15) is 4.79 Å². The van der Waals surface area contributed by atoms with E-state index in [1.54, 1.807) is 7.11 Å². The first kappa shape index (κ1) is 14.3. The molecule has 5 nitrogen and oxygen atoms in total. The van der Waals surface area contributed by atoms with Gasteiger partial charge in [-0.15, -0.1) is 0 Å². The molecule has 0 fully saturated rings. The second kappa shape index (κ2) is 6.41. The van der Waals surface area contributed by atoms with Crippen LogP contribution < -0.4 is 5.32 Å². The fourth-order valence-electron chi connectivity index (χ4n) is 2.35. The van der Waals surface area contributed by atoms with Crippen molar-refractivity contribution in [2.24, 2.45) is 0 Å². The van der Waals surface area contributed by atoms with E-state index in [1.165, 1.54) is 0 Å². The third-order valence-corrected chi connectivity index (χ3v) is 3.39. The SMILES string of the molecule is COCCNC(=O)c1nc(-c2ccccc2)c2ccccn12. The van der Waals surface area contributed by atoms with E-state index >= 15 is 0 Å². The lowest BCUT2D eigenvalue weighted by Crippen LogP contribution is -2.28. The number of rotatable bonds is 5. The summed E-state index contributed by atoms with van der Waals surface area (Å²) < 4.78 is 6.76. The Kier molecular flexibility index (Phi) is 4.16. The molecule has 0 aliphatic heterocycles. The molecular weight excluding hydrogens is 278 g/mol. The molecule has 112 valence electrons. The monoisotopic (exact) mass is 295 g/mol. The first-order valence-corrected chi connectivity index (χ1v) is 7.11. The highest BCUT2D eigenvalue weighted by molar-refractivity contribution is 5.94. The summed E-state index contributed by atoms with van der Waals surface area (Å²) in [6.07, 6.45) is 1.85. The van der Waals surface area contributed by atoms with Crippen molar-refractivity contribution in [3.63, 3.8) is 0 Å². The van der Waals surface area contributed by atoms with Crippen LogP contribution in [0.5, 0.6) is 0 Å². The van der Waals surface area contributed by atoms with Gasteiger partial charge in [0.15, 0.2) is 0 Å². The van der Waals surface area contributed by atoms with Crippen molar-refractivity contribution >= 4 is 11.4 Å². The van der Waals surface area contributed by atoms with E-state index in [2.05, 4.69) is 10.3 Å².